The summed E-state index contributed by atoms with van der Waals surface area (Å²) in [6.45, 7) is 2.90. The second-order valence-electron chi connectivity index (χ2n) is 3.82. The molecular formula is C14H15ClN2O2. The molecule has 0 spiro atoms. The largest absolute Gasteiger partial charge is 0.478 e. The molecule has 2 rings (SSSR count). The molecule has 0 amide bonds. The highest BCUT2D eigenvalue weighted by atomic mass is 35.5. The van der Waals surface area contributed by atoms with Gasteiger partial charge < -0.3 is 15.2 Å². The molecule has 0 atom stereocenters. The van der Waals surface area contributed by atoms with Gasteiger partial charge in [0.1, 0.15) is 5.75 Å². The average Bonchev–Trinajstić information content (AvgIpc) is 2.42. The molecule has 1 heterocycles. The quantitative estimate of drug-likeness (QED) is 0.911. The molecule has 0 unspecified atom stereocenters. The molecule has 0 aliphatic rings. The van der Waals surface area contributed by atoms with E-state index in [4.69, 9.17) is 26.8 Å². The minimum Gasteiger partial charge on any atom is -0.478 e. The van der Waals surface area contributed by atoms with E-state index in [1.807, 2.05) is 19.1 Å². The van der Waals surface area contributed by atoms with Crippen LogP contribution in [0.2, 0.25) is 5.02 Å². The van der Waals surface area contributed by atoms with Crippen molar-refractivity contribution < 1.29 is 9.47 Å². The van der Waals surface area contributed by atoms with Gasteiger partial charge in [-0.2, -0.15) is 4.98 Å². The van der Waals surface area contributed by atoms with E-state index in [0.29, 0.717) is 35.7 Å². The maximum atomic E-state index is 6.12. The number of benzene rings is 1. The lowest BCUT2D eigenvalue weighted by molar-refractivity contribution is 0.321. The number of nitrogens with two attached hydrogens (primary N) is 1. The van der Waals surface area contributed by atoms with E-state index in [0.717, 1.165) is 5.56 Å². The monoisotopic (exact) mass is 278 g/mol. The van der Waals surface area contributed by atoms with Crippen LogP contribution < -0.4 is 15.2 Å². The minimum absolute atomic E-state index is 0.438. The minimum atomic E-state index is 0.438. The summed E-state index contributed by atoms with van der Waals surface area (Å²) < 4.78 is 10.9. The third-order valence-electron chi connectivity index (χ3n) is 2.44. The van der Waals surface area contributed by atoms with Gasteiger partial charge in [0.25, 0.3) is 0 Å². The average molecular weight is 279 g/mol. The molecule has 100 valence electrons. The zero-order valence-corrected chi connectivity index (χ0v) is 11.4. The Morgan fingerprint density at radius 1 is 1.21 bits per heavy atom. The second kappa shape index (κ2) is 6.41. The summed E-state index contributed by atoms with van der Waals surface area (Å²) in [4.78, 5) is 4.21. The highest BCUT2D eigenvalue weighted by Crippen LogP contribution is 2.29. The molecule has 2 N–H and O–H groups in total. The van der Waals surface area contributed by atoms with Gasteiger partial charge in [0.2, 0.25) is 11.8 Å². The van der Waals surface area contributed by atoms with Gasteiger partial charge in [0.05, 0.1) is 11.6 Å². The van der Waals surface area contributed by atoms with Gasteiger partial charge in [0, 0.05) is 18.7 Å². The van der Waals surface area contributed by atoms with Crippen LogP contribution in [0.1, 0.15) is 12.5 Å². The molecule has 0 saturated carbocycles. The van der Waals surface area contributed by atoms with Gasteiger partial charge in [0.15, 0.2) is 0 Å². The summed E-state index contributed by atoms with van der Waals surface area (Å²) in [5.41, 5.74) is 6.50. The Kier molecular flexibility index (Phi) is 4.60. The van der Waals surface area contributed by atoms with Crippen LogP contribution in [0.3, 0.4) is 0 Å². The van der Waals surface area contributed by atoms with Crippen molar-refractivity contribution in [3.05, 3.63) is 47.0 Å². The number of nitrogens with zero attached hydrogens (tertiary/aromatic N) is 1. The van der Waals surface area contributed by atoms with Crippen molar-refractivity contribution in [1.29, 1.82) is 0 Å². The van der Waals surface area contributed by atoms with Crippen molar-refractivity contribution in [1.82, 2.24) is 4.98 Å². The van der Waals surface area contributed by atoms with Gasteiger partial charge >= 0.3 is 0 Å². The summed E-state index contributed by atoms with van der Waals surface area (Å²) in [6, 6.07) is 10.8. The number of hydrogen-bond acceptors (Lipinski definition) is 4. The summed E-state index contributed by atoms with van der Waals surface area (Å²) >= 11 is 6.12. The topological polar surface area (TPSA) is 57.4 Å². The Morgan fingerprint density at radius 3 is 2.68 bits per heavy atom. The zero-order valence-electron chi connectivity index (χ0n) is 10.6. The summed E-state index contributed by atoms with van der Waals surface area (Å²) in [5, 5.41) is 0.506. The molecule has 0 saturated heterocycles. The number of pyridine rings is 1. The summed E-state index contributed by atoms with van der Waals surface area (Å²) in [5.74, 6) is 1.50. The van der Waals surface area contributed by atoms with E-state index in [9.17, 15) is 0 Å². The molecule has 0 fully saturated rings. The van der Waals surface area contributed by atoms with E-state index in [-0.39, 0.29) is 0 Å². The van der Waals surface area contributed by atoms with Gasteiger partial charge in [-0.1, -0.05) is 23.7 Å². The van der Waals surface area contributed by atoms with Crippen molar-refractivity contribution in [2.75, 3.05) is 6.61 Å². The van der Waals surface area contributed by atoms with Crippen LogP contribution in [-0.2, 0) is 6.54 Å². The molecule has 19 heavy (non-hydrogen) atoms. The fourth-order valence-corrected chi connectivity index (χ4v) is 1.79. The van der Waals surface area contributed by atoms with E-state index in [2.05, 4.69) is 4.98 Å². The maximum absolute atomic E-state index is 6.12. The fourth-order valence-electron chi connectivity index (χ4n) is 1.55. The third kappa shape index (κ3) is 3.59. The van der Waals surface area contributed by atoms with E-state index < -0.39 is 0 Å². The molecule has 0 bridgehead atoms. The number of rotatable bonds is 5. The molecule has 5 heteroatoms. The number of aromatic nitrogens is 1. The van der Waals surface area contributed by atoms with E-state index in [1.54, 1.807) is 24.3 Å². The number of hydrogen-bond donors (Lipinski definition) is 1. The Bertz CT molecular complexity index is 561. The number of ether oxygens (including phenoxy) is 2. The number of halogens is 1. The predicted molar refractivity (Wildman–Crippen MR) is 74.8 cm³/mol. The smallest absolute Gasteiger partial charge is 0.222 e. The normalized spacial score (nSPS) is 10.3. The van der Waals surface area contributed by atoms with Crippen molar-refractivity contribution >= 4 is 11.6 Å². The Hall–Kier alpha value is -1.78. The standard InChI is InChI=1S/C14H15ClN2O2/c1-2-18-13-4-3-5-14(17-13)19-12-7-6-10(9-16)8-11(12)15/h3-8H,2,9,16H2,1H3. The molecule has 4 nitrogen and oxygen atoms in total. The SMILES string of the molecule is CCOc1cccc(Oc2ccc(CN)cc2Cl)n1. The first-order valence-electron chi connectivity index (χ1n) is 5.99. The Morgan fingerprint density at radius 2 is 2.00 bits per heavy atom. The molecule has 0 aliphatic heterocycles. The van der Waals surface area contributed by atoms with Crippen LogP contribution >= 0.6 is 11.6 Å². The van der Waals surface area contributed by atoms with Crippen LogP contribution in [-0.4, -0.2) is 11.6 Å². The van der Waals surface area contributed by atoms with Crippen LogP contribution in [0.25, 0.3) is 0 Å². The Labute approximate surface area is 117 Å². The van der Waals surface area contributed by atoms with Gasteiger partial charge in [-0.05, 0) is 24.6 Å². The van der Waals surface area contributed by atoms with Crippen molar-refractivity contribution in [3.63, 3.8) is 0 Å². The highest BCUT2D eigenvalue weighted by Gasteiger charge is 2.06. The first kappa shape index (κ1) is 13.6. The van der Waals surface area contributed by atoms with Crippen molar-refractivity contribution in [2.45, 2.75) is 13.5 Å². The Balaban J connectivity index is 2.18. The van der Waals surface area contributed by atoms with Crippen molar-refractivity contribution in [3.8, 4) is 17.5 Å². The van der Waals surface area contributed by atoms with Gasteiger partial charge in [-0.15, -0.1) is 0 Å². The lowest BCUT2D eigenvalue weighted by atomic mass is 10.2. The lowest BCUT2D eigenvalue weighted by Crippen LogP contribution is -1.97. The van der Waals surface area contributed by atoms with Crippen LogP contribution in [0.5, 0.6) is 17.5 Å². The third-order valence-corrected chi connectivity index (χ3v) is 2.73. The molecule has 1 aromatic carbocycles. The second-order valence-corrected chi connectivity index (χ2v) is 4.23. The molecule has 0 radical (unpaired) electrons. The highest BCUT2D eigenvalue weighted by molar-refractivity contribution is 6.32. The predicted octanol–water partition coefficient (Wildman–Crippen LogP) is 3.38. The van der Waals surface area contributed by atoms with E-state index in [1.165, 1.54) is 0 Å². The van der Waals surface area contributed by atoms with Crippen LogP contribution in [0, 0.1) is 0 Å². The lowest BCUT2D eigenvalue weighted by Gasteiger charge is -2.09. The van der Waals surface area contributed by atoms with Gasteiger partial charge in [-0.25, -0.2) is 0 Å². The zero-order chi connectivity index (χ0) is 13.7. The fraction of sp³-hybridized carbons (Fsp3) is 0.214. The van der Waals surface area contributed by atoms with Crippen molar-refractivity contribution in [2.24, 2.45) is 5.73 Å². The summed E-state index contributed by atoms with van der Waals surface area (Å²) in [7, 11) is 0. The molecule has 1 aromatic heterocycles. The first-order valence-corrected chi connectivity index (χ1v) is 6.37. The van der Waals surface area contributed by atoms with E-state index >= 15 is 0 Å². The van der Waals surface area contributed by atoms with Crippen LogP contribution in [0.4, 0.5) is 0 Å². The molecular weight excluding hydrogens is 264 g/mol. The van der Waals surface area contributed by atoms with Crippen LogP contribution in [0.15, 0.2) is 36.4 Å². The van der Waals surface area contributed by atoms with Gasteiger partial charge in [-0.3, -0.25) is 0 Å². The maximum Gasteiger partial charge on any atom is 0.222 e. The summed E-state index contributed by atoms with van der Waals surface area (Å²) in [6.07, 6.45) is 0. The molecule has 2 aromatic rings. The first-order chi connectivity index (χ1) is 9.22. The molecule has 0 aliphatic carbocycles.